The van der Waals surface area contributed by atoms with Crippen molar-refractivity contribution >= 4 is 27.8 Å². The van der Waals surface area contributed by atoms with E-state index in [-0.39, 0.29) is 16.0 Å². The number of rotatable bonds is 5. The Morgan fingerprint density at radius 2 is 1.03 bits per heavy atom. The lowest BCUT2D eigenvalue weighted by Gasteiger charge is -2.52. The SMILES string of the molecule is Cc1ccccc1P(Cc1ccccc1C(P)(C(C)(C)C)C(C)(C)C)c1ccccc1C. The molecule has 0 N–H and O–H groups in total. The van der Waals surface area contributed by atoms with Gasteiger partial charge in [-0.3, -0.25) is 0 Å². The van der Waals surface area contributed by atoms with Crippen LogP contribution < -0.4 is 10.6 Å². The Morgan fingerprint density at radius 3 is 1.47 bits per heavy atom. The standard InChI is InChI=1S/C30H40P2/c1-22-15-9-13-19-26(22)32(27-20-14-10-16-23(27)2)21-24-17-11-12-18-25(24)30(31,28(3,4)5)29(6,7)8/h9-20H,21,31H2,1-8H3. The minimum Gasteiger partial charge on any atom is -0.125 e. The van der Waals surface area contributed by atoms with Crippen molar-refractivity contribution in [2.45, 2.75) is 66.7 Å². The Morgan fingerprint density at radius 1 is 0.625 bits per heavy atom. The molecule has 3 aromatic rings. The summed E-state index contributed by atoms with van der Waals surface area (Å²) in [5.74, 6) is 0. The Hall–Kier alpha value is -1.48. The predicted octanol–water partition coefficient (Wildman–Crippen LogP) is 8.10. The van der Waals surface area contributed by atoms with Crippen LogP contribution in [-0.4, -0.2) is 0 Å². The topological polar surface area (TPSA) is 0 Å². The summed E-state index contributed by atoms with van der Waals surface area (Å²) in [5.41, 5.74) is 5.93. The lowest BCUT2D eigenvalue weighted by Crippen LogP contribution is -2.45. The number of benzene rings is 3. The van der Waals surface area contributed by atoms with Crippen LogP contribution in [0.25, 0.3) is 0 Å². The third-order valence-electron chi connectivity index (χ3n) is 6.95. The van der Waals surface area contributed by atoms with E-state index in [0.29, 0.717) is 0 Å². The summed E-state index contributed by atoms with van der Waals surface area (Å²) in [7, 11) is 2.79. The van der Waals surface area contributed by atoms with E-state index in [1.165, 1.54) is 32.9 Å². The quantitative estimate of drug-likeness (QED) is 0.336. The minimum atomic E-state index is -0.513. The van der Waals surface area contributed by atoms with E-state index >= 15 is 0 Å². The van der Waals surface area contributed by atoms with Crippen molar-refractivity contribution in [2.75, 3.05) is 0 Å². The highest BCUT2D eigenvalue weighted by Gasteiger charge is 2.49. The molecule has 0 amide bonds. The first-order chi connectivity index (χ1) is 14.9. The molecule has 0 saturated carbocycles. The predicted molar refractivity (Wildman–Crippen MR) is 149 cm³/mol. The molecule has 0 aromatic heterocycles. The summed E-state index contributed by atoms with van der Waals surface area (Å²) >= 11 is 0. The lowest BCUT2D eigenvalue weighted by atomic mass is 9.62. The number of hydrogen-bond donors (Lipinski definition) is 0. The molecule has 3 rings (SSSR count). The highest BCUT2D eigenvalue weighted by Crippen LogP contribution is 2.59. The Kier molecular flexibility index (Phi) is 7.39. The van der Waals surface area contributed by atoms with Gasteiger partial charge in [-0.15, -0.1) is 9.24 Å². The van der Waals surface area contributed by atoms with E-state index in [2.05, 4.69) is 137 Å². The summed E-state index contributed by atoms with van der Waals surface area (Å²) in [6, 6.07) is 27.1. The second-order valence-corrected chi connectivity index (χ2v) is 14.1. The lowest BCUT2D eigenvalue weighted by molar-refractivity contribution is 0.139. The van der Waals surface area contributed by atoms with Crippen molar-refractivity contribution in [1.82, 2.24) is 0 Å². The van der Waals surface area contributed by atoms with Crippen molar-refractivity contribution in [3.05, 3.63) is 95.1 Å². The van der Waals surface area contributed by atoms with Gasteiger partial charge in [-0.25, -0.2) is 0 Å². The van der Waals surface area contributed by atoms with Crippen LogP contribution in [-0.2, 0) is 11.3 Å². The highest BCUT2D eigenvalue weighted by molar-refractivity contribution is 7.72. The molecule has 32 heavy (non-hydrogen) atoms. The first-order valence-corrected chi connectivity index (χ1v) is 13.7. The number of hydrogen-bond acceptors (Lipinski definition) is 0. The van der Waals surface area contributed by atoms with E-state index < -0.39 is 7.92 Å². The Bertz CT molecular complexity index is 1010. The molecule has 0 bridgehead atoms. The van der Waals surface area contributed by atoms with Crippen molar-refractivity contribution in [3.8, 4) is 0 Å². The van der Waals surface area contributed by atoms with Gasteiger partial charge in [-0.05, 0) is 65.5 Å². The van der Waals surface area contributed by atoms with Gasteiger partial charge >= 0.3 is 0 Å². The van der Waals surface area contributed by atoms with Crippen LogP contribution in [0.15, 0.2) is 72.8 Å². The van der Waals surface area contributed by atoms with Gasteiger partial charge in [0.2, 0.25) is 0 Å². The van der Waals surface area contributed by atoms with Crippen LogP contribution in [0.5, 0.6) is 0 Å². The van der Waals surface area contributed by atoms with E-state index in [0.717, 1.165) is 6.16 Å². The molecule has 2 heteroatoms. The van der Waals surface area contributed by atoms with Crippen LogP contribution in [0, 0.1) is 24.7 Å². The van der Waals surface area contributed by atoms with Crippen molar-refractivity contribution in [3.63, 3.8) is 0 Å². The molecule has 170 valence electrons. The molecular formula is C30H40P2. The average molecular weight is 463 g/mol. The van der Waals surface area contributed by atoms with E-state index in [1.807, 2.05) is 0 Å². The fourth-order valence-electron chi connectivity index (χ4n) is 5.18. The molecule has 0 aliphatic heterocycles. The van der Waals surface area contributed by atoms with Gasteiger partial charge < -0.3 is 0 Å². The maximum Gasteiger partial charge on any atom is 0.0196 e. The molecule has 0 radical (unpaired) electrons. The third-order valence-corrected chi connectivity index (χ3v) is 11.8. The molecule has 0 spiro atoms. The molecule has 0 heterocycles. The van der Waals surface area contributed by atoms with E-state index in [4.69, 9.17) is 0 Å². The van der Waals surface area contributed by atoms with Gasteiger partial charge in [-0.1, -0.05) is 114 Å². The van der Waals surface area contributed by atoms with E-state index in [9.17, 15) is 0 Å². The second kappa shape index (κ2) is 9.41. The van der Waals surface area contributed by atoms with Crippen molar-refractivity contribution in [2.24, 2.45) is 10.8 Å². The summed E-state index contributed by atoms with van der Waals surface area (Å²) < 4.78 is 0. The maximum atomic E-state index is 3.30. The minimum absolute atomic E-state index is 0.0466. The fourth-order valence-corrected chi connectivity index (χ4v) is 8.21. The van der Waals surface area contributed by atoms with Gasteiger partial charge in [0.15, 0.2) is 0 Å². The highest BCUT2D eigenvalue weighted by atomic mass is 31.1. The Labute approximate surface area is 200 Å². The summed E-state index contributed by atoms with van der Waals surface area (Å²) in [6.45, 7) is 18.8. The van der Waals surface area contributed by atoms with Gasteiger partial charge in [-0.2, -0.15) is 0 Å². The summed E-state index contributed by atoms with van der Waals surface area (Å²) in [6.07, 6.45) is 1.06. The maximum absolute atomic E-state index is 3.30. The van der Waals surface area contributed by atoms with Crippen LogP contribution in [0.1, 0.15) is 63.8 Å². The largest absolute Gasteiger partial charge is 0.125 e. The molecule has 0 aliphatic rings. The van der Waals surface area contributed by atoms with Crippen molar-refractivity contribution < 1.29 is 0 Å². The fraction of sp³-hybridized carbons (Fsp3) is 0.400. The molecule has 0 saturated heterocycles. The molecule has 0 fully saturated rings. The van der Waals surface area contributed by atoms with Gasteiger partial charge in [0, 0.05) is 11.3 Å². The van der Waals surface area contributed by atoms with Crippen molar-refractivity contribution in [1.29, 1.82) is 0 Å². The molecule has 1 unspecified atom stereocenters. The summed E-state index contributed by atoms with van der Waals surface area (Å²) in [5, 5.41) is 2.94. The second-order valence-electron chi connectivity index (χ2n) is 11.1. The first kappa shape index (κ1) is 25.1. The van der Waals surface area contributed by atoms with Gasteiger partial charge in [0.05, 0.1) is 0 Å². The zero-order chi connectivity index (χ0) is 23.7. The van der Waals surface area contributed by atoms with Crippen LogP contribution in [0.2, 0.25) is 0 Å². The average Bonchev–Trinajstić information content (AvgIpc) is 2.71. The molecule has 3 aromatic carbocycles. The summed E-state index contributed by atoms with van der Waals surface area (Å²) in [4.78, 5) is 0. The zero-order valence-corrected chi connectivity index (χ0v) is 23.2. The van der Waals surface area contributed by atoms with Crippen LogP contribution in [0.3, 0.4) is 0 Å². The van der Waals surface area contributed by atoms with Crippen LogP contribution >= 0.6 is 17.2 Å². The van der Waals surface area contributed by atoms with Gasteiger partial charge in [0.25, 0.3) is 0 Å². The molecule has 1 atom stereocenters. The Balaban J connectivity index is 2.22. The smallest absolute Gasteiger partial charge is 0.0196 e. The monoisotopic (exact) mass is 462 g/mol. The van der Waals surface area contributed by atoms with Gasteiger partial charge in [0.1, 0.15) is 0 Å². The zero-order valence-electron chi connectivity index (χ0n) is 21.2. The third kappa shape index (κ3) is 4.74. The molecule has 0 aliphatic carbocycles. The molecule has 0 nitrogen and oxygen atoms in total. The first-order valence-electron chi connectivity index (χ1n) is 11.6. The van der Waals surface area contributed by atoms with Crippen LogP contribution in [0.4, 0.5) is 0 Å². The number of aryl methyl sites for hydroxylation is 2. The van der Waals surface area contributed by atoms with E-state index in [1.54, 1.807) is 0 Å². The molecular weight excluding hydrogens is 422 g/mol. The normalized spacial score (nSPS) is 12.9.